The maximum atomic E-state index is 11.0. The quantitative estimate of drug-likeness (QED) is 0.569. The van der Waals surface area contributed by atoms with Gasteiger partial charge in [-0.05, 0) is 0 Å². The highest BCUT2D eigenvalue weighted by Crippen LogP contribution is 2.13. The Morgan fingerprint density at radius 3 is 1.78 bits per heavy atom. The van der Waals surface area contributed by atoms with E-state index in [9.17, 15) is 18.0 Å². The van der Waals surface area contributed by atoms with Gasteiger partial charge in [-0.25, -0.2) is 10.5 Å². The highest BCUT2D eigenvalue weighted by molar-refractivity contribution is 5.44. The van der Waals surface area contributed by atoms with Gasteiger partial charge in [-0.2, -0.15) is 13.2 Å². The van der Waals surface area contributed by atoms with Gasteiger partial charge in [-0.1, -0.05) is 0 Å². The smallest absolute Gasteiger partial charge is 0.422 e. The Kier molecular flexibility index (Phi) is 18.9. The van der Waals surface area contributed by atoms with Crippen molar-refractivity contribution in [2.45, 2.75) is 6.18 Å². The molecule has 0 aliphatic carbocycles. The van der Waals surface area contributed by atoms with E-state index in [1.165, 1.54) is 14.2 Å². The predicted octanol–water partition coefficient (Wildman–Crippen LogP) is 0.125. The molecule has 0 saturated heterocycles. The van der Waals surface area contributed by atoms with Crippen LogP contribution in [0, 0.1) is 0 Å². The third-order valence-electron chi connectivity index (χ3n) is 0.956. The van der Waals surface area contributed by atoms with E-state index in [0.29, 0.717) is 6.41 Å². The van der Waals surface area contributed by atoms with Crippen LogP contribution in [0.15, 0.2) is 0 Å². The summed E-state index contributed by atoms with van der Waals surface area (Å²) in [7, 11) is 6.22. The molecule has 18 heavy (non-hydrogen) atoms. The standard InChI is InChI=1S/C3H3F3O2.C3H7NO2.C2H7NO/c4-3(5,6)1-8-2-7;1-4(3-5)6-2;1-3-4-2/h2H,1H2;3H,1-2H3;3H,1-2H3. The number of nitrogens with zero attached hydrogens (tertiary/aromatic N) is 1. The molecular weight excluding hydrogens is 261 g/mol. The van der Waals surface area contributed by atoms with Crippen LogP contribution < -0.4 is 5.48 Å². The van der Waals surface area contributed by atoms with Crippen LogP contribution in [0.4, 0.5) is 13.2 Å². The molecule has 0 saturated carbocycles. The molecule has 0 aromatic heterocycles. The summed E-state index contributed by atoms with van der Waals surface area (Å²) < 4.78 is 36.3. The van der Waals surface area contributed by atoms with Crippen LogP contribution in [0.2, 0.25) is 0 Å². The number of nitrogens with one attached hydrogen (secondary N) is 1. The Morgan fingerprint density at radius 1 is 1.28 bits per heavy atom. The molecule has 110 valence electrons. The summed E-state index contributed by atoms with van der Waals surface area (Å²) in [6.45, 7) is -1.75. The van der Waals surface area contributed by atoms with Gasteiger partial charge in [-0.3, -0.25) is 14.4 Å². The molecule has 0 aromatic rings. The first-order valence-electron chi connectivity index (χ1n) is 4.32. The number of ether oxygens (including phenoxy) is 1. The predicted molar refractivity (Wildman–Crippen MR) is 55.0 cm³/mol. The molecule has 0 unspecified atom stereocenters. The second-order valence-electron chi connectivity index (χ2n) is 2.26. The van der Waals surface area contributed by atoms with E-state index in [-0.39, 0.29) is 6.47 Å². The van der Waals surface area contributed by atoms with Crippen LogP contribution in [0.5, 0.6) is 0 Å². The number of halogens is 3. The van der Waals surface area contributed by atoms with Crippen molar-refractivity contribution >= 4 is 12.9 Å². The first kappa shape index (κ1) is 21.9. The minimum absolute atomic E-state index is 0.243. The molecule has 0 aromatic carbocycles. The molecule has 1 N–H and O–H groups in total. The van der Waals surface area contributed by atoms with Gasteiger partial charge >= 0.3 is 6.18 Å². The van der Waals surface area contributed by atoms with Gasteiger partial charge in [0, 0.05) is 14.1 Å². The summed E-state index contributed by atoms with van der Waals surface area (Å²) in [5, 5.41) is 1.07. The number of carbonyl (C=O) groups excluding carboxylic acids is 2. The van der Waals surface area contributed by atoms with Crippen molar-refractivity contribution in [3.05, 3.63) is 0 Å². The van der Waals surface area contributed by atoms with Crippen molar-refractivity contribution in [2.75, 3.05) is 34.9 Å². The SMILES string of the molecule is CNOC.CON(C)C=O.O=COCC(F)(F)F. The first-order valence-corrected chi connectivity index (χ1v) is 4.32. The zero-order chi connectivity index (χ0) is 15.0. The molecule has 0 atom stereocenters. The molecule has 10 heteroatoms. The minimum atomic E-state index is -4.40. The fourth-order valence-corrected chi connectivity index (χ4v) is 0.172. The van der Waals surface area contributed by atoms with E-state index in [1.54, 1.807) is 14.2 Å². The zero-order valence-corrected chi connectivity index (χ0v) is 10.5. The lowest BCUT2D eigenvalue weighted by atomic mass is 10.7. The number of hydrogen-bond acceptors (Lipinski definition) is 6. The molecular formula is C8H17F3N2O5. The summed E-state index contributed by atoms with van der Waals surface area (Å²) >= 11 is 0. The van der Waals surface area contributed by atoms with Gasteiger partial charge in [0.2, 0.25) is 6.41 Å². The van der Waals surface area contributed by atoms with E-state index in [4.69, 9.17) is 4.79 Å². The monoisotopic (exact) mass is 278 g/mol. The third kappa shape index (κ3) is 36.5. The Hall–Kier alpha value is -1.39. The van der Waals surface area contributed by atoms with Crippen LogP contribution in [0.1, 0.15) is 0 Å². The molecule has 7 nitrogen and oxygen atoms in total. The fraction of sp³-hybridized carbons (Fsp3) is 0.750. The van der Waals surface area contributed by atoms with E-state index in [1.807, 2.05) is 0 Å². The lowest BCUT2D eigenvalue weighted by Crippen LogP contribution is -2.15. The molecule has 0 aliphatic heterocycles. The summed E-state index contributed by atoms with van der Waals surface area (Å²) in [5.74, 6) is 0. The molecule has 0 radical (unpaired) electrons. The Morgan fingerprint density at radius 2 is 1.72 bits per heavy atom. The molecule has 1 amide bonds. The molecule has 0 aliphatic rings. The van der Waals surface area contributed by atoms with E-state index < -0.39 is 12.8 Å². The zero-order valence-electron chi connectivity index (χ0n) is 10.5. The molecule has 0 heterocycles. The molecule has 0 spiro atoms. The van der Waals surface area contributed by atoms with E-state index >= 15 is 0 Å². The maximum absolute atomic E-state index is 11.0. The topological polar surface area (TPSA) is 77.1 Å². The second kappa shape index (κ2) is 15.6. The van der Waals surface area contributed by atoms with Crippen molar-refractivity contribution in [1.82, 2.24) is 10.5 Å². The van der Waals surface area contributed by atoms with Crippen LogP contribution >= 0.6 is 0 Å². The fourth-order valence-electron chi connectivity index (χ4n) is 0.172. The summed E-state index contributed by atoms with van der Waals surface area (Å²) in [4.78, 5) is 27.3. The number of alkyl halides is 3. The highest BCUT2D eigenvalue weighted by atomic mass is 19.4. The Bertz CT molecular complexity index is 190. The molecule has 0 bridgehead atoms. The number of hydrogen-bond donors (Lipinski definition) is 1. The lowest BCUT2D eigenvalue weighted by Gasteiger charge is -2.02. The average Bonchev–Trinajstić information content (AvgIpc) is 2.35. The lowest BCUT2D eigenvalue weighted by molar-refractivity contribution is -0.177. The minimum Gasteiger partial charge on any atom is -0.458 e. The van der Waals surface area contributed by atoms with Gasteiger partial charge in [0.25, 0.3) is 6.47 Å². The molecule has 0 rings (SSSR count). The second-order valence-corrected chi connectivity index (χ2v) is 2.26. The highest BCUT2D eigenvalue weighted by Gasteiger charge is 2.27. The molecule has 0 fully saturated rings. The van der Waals surface area contributed by atoms with Crippen molar-refractivity contribution < 1.29 is 37.2 Å². The summed E-state index contributed by atoms with van der Waals surface area (Å²) in [6.07, 6.45) is -3.82. The van der Waals surface area contributed by atoms with E-state index in [2.05, 4.69) is 19.9 Å². The van der Waals surface area contributed by atoms with Crippen LogP contribution in [-0.2, 0) is 24.0 Å². The maximum Gasteiger partial charge on any atom is 0.422 e. The number of hydroxylamine groups is 3. The Balaban J connectivity index is -0.000000200. The first-order chi connectivity index (χ1) is 8.28. The van der Waals surface area contributed by atoms with Gasteiger partial charge in [0.15, 0.2) is 6.61 Å². The average molecular weight is 278 g/mol. The van der Waals surface area contributed by atoms with Crippen LogP contribution in [0.3, 0.4) is 0 Å². The van der Waals surface area contributed by atoms with Gasteiger partial charge in [0.1, 0.15) is 0 Å². The largest absolute Gasteiger partial charge is 0.458 e. The van der Waals surface area contributed by atoms with Gasteiger partial charge in [0.05, 0.1) is 14.2 Å². The van der Waals surface area contributed by atoms with Gasteiger partial charge < -0.3 is 9.57 Å². The Labute approximate surface area is 103 Å². The van der Waals surface area contributed by atoms with Crippen molar-refractivity contribution in [3.63, 3.8) is 0 Å². The summed E-state index contributed by atoms with van der Waals surface area (Å²) in [5.41, 5.74) is 2.43. The van der Waals surface area contributed by atoms with Crippen molar-refractivity contribution in [2.24, 2.45) is 0 Å². The normalized spacial score (nSPS) is 9.06. The third-order valence-corrected chi connectivity index (χ3v) is 0.956. The van der Waals surface area contributed by atoms with Crippen molar-refractivity contribution in [3.8, 4) is 0 Å². The van der Waals surface area contributed by atoms with Crippen molar-refractivity contribution in [1.29, 1.82) is 0 Å². The van der Waals surface area contributed by atoms with Crippen LogP contribution in [0.25, 0.3) is 0 Å². The number of rotatable bonds is 5. The number of carbonyl (C=O) groups is 2. The van der Waals surface area contributed by atoms with E-state index in [0.717, 1.165) is 5.06 Å². The van der Waals surface area contributed by atoms with Gasteiger partial charge in [-0.15, -0.1) is 0 Å². The van der Waals surface area contributed by atoms with Crippen LogP contribution in [-0.4, -0.2) is 59.0 Å². The summed E-state index contributed by atoms with van der Waals surface area (Å²) in [6, 6.07) is 0. The number of amides is 1.